The van der Waals surface area contributed by atoms with E-state index in [1.54, 1.807) is 6.20 Å². The minimum Gasteiger partial charge on any atom is -0.338 e. The molecule has 2 aromatic carbocycles. The fourth-order valence-corrected chi connectivity index (χ4v) is 2.87. The fraction of sp³-hybridized carbons (Fsp3) is 0.143. The quantitative estimate of drug-likeness (QED) is 0.520. The van der Waals surface area contributed by atoms with Crippen LogP contribution in [-0.4, -0.2) is 15.0 Å². The predicted octanol–water partition coefficient (Wildman–Crippen LogP) is 5.49. The van der Waals surface area contributed by atoms with Gasteiger partial charge in [-0.05, 0) is 35.7 Å². The summed E-state index contributed by atoms with van der Waals surface area (Å²) in [4.78, 5) is 12.7. The zero-order valence-corrected chi connectivity index (χ0v) is 14.3. The number of nitrogens with one attached hydrogen (secondary N) is 2. The van der Waals surface area contributed by atoms with Crippen LogP contribution in [0.5, 0.6) is 0 Å². The van der Waals surface area contributed by atoms with E-state index in [9.17, 15) is 0 Å². The van der Waals surface area contributed by atoms with Gasteiger partial charge < -0.3 is 10.3 Å². The van der Waals surface area contributed by atoms with Crippen LogP contribution >= 0.6 is 0 Å². The van der Waals surface area contributed by atoms with E-state index in [-0.39, 0.29) is 0 Å². The molecule has 0 amide bonds. The average molecular weight is 328 g/mol. The molecule has 0 aliphatic heterocycles. The highest BCUT2D eigenvalue weighted by atomic mass is 15.0. The summed E-state index contributed by atoms with van der Waals surface area (Å²) in [5.41, 5.74) is 5.20. The van der Waals surface area contributed by atoms with Crippen molar-refractivity contribution < 1.29 is 0 Å². The molecular formula is C21H20N4. The van der Waals surface area contributed by atoms with E-state index in [4.69, 9.17) is 4.98 Å². The third kappa shape index (κ3) is 3.11. The van der Waals surface area contributed by atoms with E-state index in [0.29, 0.717) is 5.92 Å². The van der Waals surface area contributed by atoms with E-state index >= 15 is 0 Å². The van der Waals surface area contributed by atoms with Crippen LogP contribution in [0.25, 0.3) is 22.4 Å². The van der Waals surface area contributed by atoms with Crippen molar-refractivity contribution in [2.45, 2.75) is 19.8 Å². The van der Waals surface area contributed by atoms with E-state index in [1.165, 1.54) is 5.56 Å². The Morgan fingerprint density at radius 2 is 1.80 bits per heavy atom. The molecule has 0 atom stereocenters. The first kappa shape index (κ1) is 15.4. The summed E-state index contributed by atoms with van der Waals surface area (Å²) in [5.74, 6) is 2.11. The van der Waals surface area contributed by atoms with Gasteiger partial charge in [0.05, 0.1) is 5.52 Å². The molecule has 4 aromatic rings. The van der Waals surface area contributed by atoms with E-state index < -0.39 is 0 Å². The van der Waals surface area contributed by atoms with Crippen molar-refractivity contribution in [1.82, 2.24) is 15.0 Å². The molecule has 0 aliphatic rings. The summed E-state index contributed by atoms with van der Waals surface area (Å²) < 4.78 is 0. The summed E-state index contributed by atoms with van der Waals surface area (Å²) in [7, 11) is 0. The van der Waals surface area contributed by atoms with Crippen LogP contribution in [-0.2, 0) is 0 Å². The van der Waals surface area contributed by atoms with Gasteiger partial charge in [0.15, 0.2) is 5.82 Å². The molecule has 25 heavy (non-hydrogen) atoms. The first-order valence-corrected chi connectivity index (χ1v) is 8.48. The largest absolute Gasteiger partial charge is 0.338 e. The zero-order valence-electron chi connectivity index (χ0n) is 14.3. The third-order valence-electron chi connectivity index (χ3n) is 4.26. The molecule has 4 nitrogen and oxygen atoms in total. The topological polar surface area (TPSA) is 53.6 Å². The lowest BCUT2D eigenvalue weighted by molar-refractivity contribution is 0.867. The highest BCUT2D eigenvalue weighted by molar-refractivity contribution is 5.89. The fourth-order valence-electron chi connectivity index (χ4n) is 2.87. The lowest BCUT2D eigenvalue weighted by Gasteiger charge is -2.06. The lowest BCUT2D eigenvalue weighted by atomic mass is 10.0. The maximum absolute atomic E-state index is 4.80. The number of H-pyrrole nitrogens is 1. The van der Waals surface area contributed by atoms with Gasteiger partial charge in [0.1, 0.15) is 11.3 Å². The van der Waals surface area contributed by atoms with Gasteiger partial charge in [0.2, 0.25) is 0 Å². The average Bonchev–Trinajstić information content (AvgIpc) is 3.08. The Labute approximate surface area is 147 Å². The van der Waals surface area contributed by atoms with Gasteiger partial charge in [-0.3, -0.25) is 0 Å². The molecule has 4 rings (SSSR count). The van der Waals surface area contributed by atoms with Gasteiger partial charge in [-0.1, -0.05) is 50.2 Å². The molecule has 0 aliphatic carbocycles. The van der Waals surface area contributed by atoms with E-state index in [2.05, 4.69) is 53.4 Å². The van der Waals surface area contributed by atoms with Gasteiger partial charge in [-0.2, -0.15) is 0 Å². The van der Waals surface area contributed by atoms with Gasteiger partial charge in [0.25, 0.3) is 0 Å². The van der Waals surface area contributed by atoms with Crippen LogP contribution in [0.1, 0.15) is 25.3 Å². The summed E-state index contributed by atoms with van der Waals surface area (Å²) in [5, 5.41) is 3.35. The number of hydrogen-bond donors (Lipinski definition) is 2. The molecule has 2 heterocycles. The molecule has 0 saturated carbocycles. The summed E-state index contributed by atoms with van der Waals surface area (Å²) in [6.07, 6.45) is 1.79. The maximum atomic E-state index is 4.80. The minimum absolute atomic E-state index is 0.487. The SMILES string of the molecule is CC(C)c1cccc(-c2nc3c(Nc4ccccc4)nccc3[nH]2)c1. The standard InChI is InChI=1S/C21H20N4/c1-14(2)15-7-6-8-16(13-15)20-24-18-11-12-22-21(19(18)25-20)23-17-9-4-3-5-10-17/h3-14H,1-2H3,(H,22,23)(H,24,25). The Bertz CT molecular complexity index is 1000. The summed E-state index contributed by atoms with van der Waals surface area (Å²) in [6.45, 7) is 4.40. The number of para-hydroxylation sites is 1. The number of imidazole rings is 1. The predicted molar refractivity (Wildman–Crippen MR) is 103 cm³/mol. The third-order valence-corrected chi connectivity index (χ3v) is 4.26. The number of rotatable bonds is 4. The van der Waals surface area contributed by atoms with Crippen LogP contribution in [0.3, 0.4) is 0 Å². The Morgan fingerprint density at radius 3 is 2.60 bits per heavy atom. The molecule has 0 radical (unpaired) electrons. The number of aromatic nitrogens is 3. The summed E-state index contributed by atoms with van der Waals surface area (Å²) in [6, 6.07) is 20.5. The number of nitrogens with zero attached hydrogens (tertiary/aromatic N) is 2. The van der Waals surface area contributed by atoms with Gasteiger partial charge >= 0.3 is 0 Å². The van der Waals surface area contributed by atoms with Crippen molar-refractivity contribution in [2.24, 2.45) is 0 Å². The first-order valence-electron chi connectivity index (χ1n) is 8.48. The van der Waals surface area contributed by atoms with Crippen LogP contribution < -0.4 is 5.32 Å². The highest BCUT2D eigenvalue weighted by Gasteiger charge is 2.11. The van der Waals surface area contributed by atoms with Crippen molar-refractivity contribution in [3.63, 3.8) is 0 Å². The number of benzene rings is 2. The highest BCUT2D eigenvalue weighted by Crippen LogP contribution is 2.27. The molecule has 0 saturated heterocycles. The van der Waals surface area contributed by atoms with Crippen LogP contribution in [0.15, 0.2) is 66.9 Å². The van der Waals surface area contributed by atoms with Crippen molar-refractivity contribution >= 4 is 22.5 Å². The number of hydrogen-bond acceptors (Lipinski definition) is 3. The van der Waals surface area contributed by atoms with Gasteiger partial charge in [-0.25, -0.2) is 9.97 Å². The second-order valence-electron chi connectivity index (χ2n) is 6.41. The number of fused-ring (bicyclic) bond motifs is 1. The van der Waals surface area contributed by atoms with Crippen LogP contribution in [0.2, 0.25) is 0 Å². The number of pyridine rings is 1. The van der Waals surface area contributed by atoms with Crippen molar-refractivity contribution in [3.05, 3.63) is 72.4 Å². The first-order chi connectivity index (χ1) is 12.2. The normalized spacial score (nSPS) is 11.2. The van der Waals surface area contributed by atoms with Crippen LogP contribution in [0, 0.1) is 0 Å². The lowest BCUT2D eigenvalue weighted by Crippen LogP contribution is -1.94. The second kappa shape index (κ2) is 6.40. The molecule has 0 spiro atoms. The molecular weight excluding hydrogens is 308 g/mol. The Balaban J connectivity index is 1.76. The second-order valence-corrected chi connectivity index (χ2v) is 6.41. The molecule has 2 aromatic heterocycles. The molecule has 0 fully saturated rings. The number of aromatic amines is 1. The molecule has 0 bridgehead atoms. The Morgan fingerprint density at radius 1 is 0.960 bits per heavy atom. The van der Waals surface area contributed by atoms with Crippen molar-refractivity contribution in [1.29, 1.82) is 0 Å². The molecule has 0 unspecified atom stereocenters. The smallest absolute Gasteiger partial charge is 0.158 e. The number of anilines is 2. The zero-order chi connectivity index (χ0) is 17.2. The Hall–Kier alpha value is -3.14. The van der Waals surface area contributed by atoms with Crippen LogP contribution in [0.4, 0.5) is 11.5 Å². The van der Waals surface area contributed by atoms with Crippen molar-refractivity contribution in [3.8, 4) is 11.4 Å². The summed E-state index contributed by atoms with van der Waals surface area (Å²) >= 11 is 0. The van der Waals surface area contributed by atoms with Gasteiger partial charge in [0, 0.05) is 17.4 Å². The maximum Gasteiger partial charge on any atom is 0.158 e. The molecule has 124 valence electrons. The van der Waals surface area contributed by atoms with E-state index in [0.717, 1.165) is 33.9 Å². The van der Waals surface area contributed by atoms with Gasteiger partial charge in [-0.15, -0.1) is 0 Å². The van der Waals surface area contributed by atoms with E-state index in [1.807, 2.05) is 36.4 Å². The minimum atomic E-state index is 0.487. The van der Waals surface area contributed by atoms with Crippen molar-refractivity contribution in [2.75, 3.05) is 5.32 Å². The molecule has 2 N–H and O–H groups in total. The molecule has 4 heteroatoms. The Kier molecular flexibility index (Phi) is 3.94. The monoisotopic (exact) mass is 328 g/mol.